The molecule has 2 rings (SSSR count). The van der Waals surface area contributed by atoms with E-state index in [0.717, 1.165) is 25.7 Å². The quantitative estimate of drug-likeness (QED) is 0.170. The highest BCUT2D eigenvalue weighted by Gasteiger charge is 2.41. The smallest absolute Gasteiger partial charge is 0.302 e. The van der Waals surface area contributed by atoms with Gasteiger partial charge in [0.1, 0.15) is 12.6 Å². The topological polar surface area (TPSA) is 121 Å². The van der Waals surface area contributed by atoms with Crippen LogP contribution in [0, 0.1) is 21.4 Å². The van der Waals surface area contributed by atoms with Gasteiger partial charge in [-0.2, -0.15) is 15.5 Å². The normalized spacial score (nSPS) is 32.1. The van der Waals surface area contributed by atoms with E-state index < -0.39 is 22.8 Å². The first-order valence-corrected chi connectivity index (χ1v) is 11.2. The maximum absolute atomic E-state index is 11.0. The van der Waals surface area contributed by atoms with E-state index in [0.29, 0.717) is 32.2 Å². The van der Waals surface area contributed by atoms with Crippen LogP contribution in [0.25, 0.3) is 0 Å². The fourth-order valence-corrected chi connectivity index (χ4v) is 5.06. The highest BCUT2D eigenvalue weighted by Crippen LogP contribution is 2.33. The SMILES string of the molecule is CC(=O)OCCN(CCC#N)C1CCC(N=NC2C(Cl)CC([N+](=O)[O-])CC2Cl)CC1. The van der Waals surface area contributed by atoms with Gasteiger partial charge >= 0.3 is 5.97 Å². The fourth-order valence-electron chi connectivity index (χ4n) is 4.13. The predicted octanol–water partition coefficient (Wildman–Crippen LogP) is 3.55. The molecule has 168 valence electrons. The van der Waals surface area contributed by atoms with Gasteiger partial charge < -0.3 is 4.74 Å². The average molecular weight is 462 g/mol. The van der Waals surface area contributed by atoms with Crippen molar-refractivity contribution in [3.63, 3.8) is 0 Å². The zero-order chi connectivity index (χ0) is 22.1. The molecule has 2 saturated carbocycles. The minimum Gasteiger partial charge on any atom is -0.465 e. The van der Waals surface area contributed by atoms with Crippen LogP contribution in [0.2, 0.25) is 0 Å². The van der Waals surface area contributed by atoms with E-state index in [-0.39, 0.29) is 29.8 Å². The number of esters is 1. The van der Waals surface area contributed by atoms with E-state index in [2.05, 4.69) is 21.2 Å². The lowest BCUT2D eigenvalue weighted by molar-refractivity contribution is -0.526. The van der Waals surface area contributed by atoms with Gasteiger partial charge in [-0.05, 0) is 25.7 Å². The lowest BCUT2D eigenvalue weighted by Crippen LogP contribution is -2.43. The molecule has 11 heteroatoms. The summed E-state index contributed by atoms with van der Waals surface area (Å²) in [7, 11) is 0. The lowest BCUT2D eigenvalue weighted by atomic mass is 9.90. The van der Waals surface area contributed by atoms with Crippen LogP contribution in [0.3, 0.4) is 0 Å². The van der Waals surface area contributed by atoms with Gasteiger partial charge in [-0.3, -0.25) is 19.8 Å². The summed E-state index contributed by atoms with van der Waals surface area (Å²) in [6.45, 7) is 2.97. The second-order valence-corrected chi connectivity index (χ2v) is 9.03. The highest BCUT2D eigenvalue weighted by atomic mass is 35.5. The maximum atomic E-state index is 11.0. The van der Waals surface area contributed by atoms with E-state index in [9.17, 15) is 14.9 Å². The Morgan fingerprint density at radius 2 is 1.83 bits per heavy atom. The molecular formula is C19H29Cl2N5O4. The molecule has 2 fully saturated rings. The number of hydrogen-bond acceptors (Lipinski definition) is 8. The summed E-state index contributed by atoms with van der Waals surface area (Å²) in [6, 6.07) is 1.44. The Balaban J connectivity index is 1.84. The molecule has 0 aromatic rings. The van der Waals surface area contributed by atoms with Crippen LogP contribution in [0.1, 0.15) is 51.9 Å². The van der Waals surface area contributed by atoms with Crippen molar-refractivity contribution in [2.75, 3.05) is 19.7 Å². The van der Waals surface area contributed by atoms with Gasteiger partial charge in [-0.25, -0.2) is 0 Å². The van der Waals surface area contributed by atoms with Crippen LogP contribution in [0.5, 0.6) is 0 Å². The van der Waals surface area contributed by atoms with Crippen LogP contribution < -0.4 is 0 Å². The lowest BCUT2D eigenvalue weighted by Gasteiger charge is -2.35. The first-order chi connectivity index (χ1) is 14.3. The van der Waals surface area contributed by atoms with Crippen molar-refractivity contribution in [2.24, 2.45) is 10.2 Å². The van der Waals surface area contributed by atoms with Crippen LogP contribution >= 0.6 is 23.2 Å². The van der Waals surface area contributed by atoms with Crippen molar-refractivity contribution < 1.29 is 14.5 Å². The third-order valence-electron chi connectivity index (χ3n) is 5.77. The first-order valence-electron chi connectivity index (χ1n) is 10.4. The second-order valence-electron chi connectivity index (χ2n) is 7.91. The molecule has 0 bridgehead atoms. The number of nitro groups is 1. The molecule has 2 unspecified atom stereocenters. The van der Waals surface area contributed by atoms with Crippen molar-refractivity contribution in [3.05, 3.63) is 10.1 Å². The number of rotatable bonds is 9. The minimum absolute atomic E-state index is 0.0773. The van der Waals surface area contributed by atoms with Crippen molar-refractivity contribution in [1.29, 1.82) is 5.26 Å². The van der Waals surface area contributed by atoms with E-state index in [1.807, 2.05) is 0 Å². The van der Waals surface area contributed by atoms with Gasteiger partial charge in [-0.15, -0.1) is 23.2 Å². The molecule has 0 amide bonds. The molecule has 0 heterocycles. The molecule has 0 radical (unpaired) electrons. The zero-order valence-corrected chi connectivity index (χ0v) is 18.7. The number of ether oxygens (including phenoxy) is 1. The zero-order valence-electron chi connectivity index (χ0n) is 17.2. The highest BCUT2D eigenvalue weighted by molar-refractivity contribution is 6.24. The molecule has 30 heavy (non-hydrogen) atoms. The summed E-state index contributed by atoms with van der Waals surface area (Å²) < 4.78 is 5.05. The van der Waals surface area contributed by atoms with E-state index in [1.54, 1.807) is 0 Å². The van der Waals surface area contributed by atoms with Crippen LogP contribution in [0.4, 0.5) is 0 Å². The summed E-state index contributed by atoms with van der Waals surface area (Å²) in [5.41, 5.74) is 0. The summed E-state index contributed by atoms with van der Waals surface area (Å²) >= 11 is 12.6. The minimum atomic E-state index is -0.719. The molecule has 0 saturated heterocycles. The average Bonchev–Trinajstić information content (AvgIpc) is 2.70. The number of hydrogen-bond donors (Lipinski definition) is 0. The fraction of sp³-hybridized carbons (Fsp3) is 0.895. The third-order valence-corrected chi connectivity index (χ3v) is 6.65. The van der Waals surface area contributed by atoms with Gasteiger partial charge in [0.2, 0.25) is 6.04 Å². The summed E-state index contributed by atoms with van der Waals surface area (Å²) in [4.78, 5) is 23.9. The van der Waals surface area contributed by atoms with Crippen LogP contribution in [0.15, 0.2) is 10.2 Å². The summed E-state index contributed by atoms with van der Waals surface area (Å²) in [5.74, 6) is -0.304. The third kappa shape index (κ3) is 7.64. The Morgan fingerprint density at radius 3 is 2.37 bits per heavy atom. The summed E-state index contributed by atoms with van der Waals surface area (Å²) in [6.07, 6.45) is 4.48. The standard InChI is InChI=1S/C19H29Cl2N5O4/c1-13(27)30-10-9-25(8-2-7-22)15-5-3-14(4-6-15)23-24-19-17(20)11-16(26(28)29)12-18(19)21/h14-19H,2-6,8-12H2,1H3. The Labute approximate surface area is 186 Å². The predicted molar refractivity (Wildman–Crippen MR) is 112 cm³/mol. The van der Waals surface area contributed by atoms with Gasteiger partial charge in [-0.1, -0.05) is 0 Å². The number of carbonyl (C=O) groups excluding carboxylic acids is 1. The van der Waals surface area contributed by atoms with Crippen molar-refractivity contribution in [1.82, 2.24) is 4.90 Å². The van der Waals surface area contributed by atoms with Gasteiger partial charge in [0.15, 0.2) is 0 Å². The number of nitrogens with zero attached hydrogens (tertiary/aromatic N) is 5. The Bertz CT molecular complexity index is 639. The number of azo groups is 1. The number of nitriles is 1. The molecule has 2 aliphatic rings. The molecule has 9 nitrogen and oxygen atoms in total. The van der Waals surface area contributed by atoms with Crippen molar-refractivity contribution >= 4 is 29.2 Å². The molecule has 0 aliphatic heterocycles. The van der Waals surface area contributed by atoms with Gasteiger partial charge in [0, 0.05) is 50.2 Å². The first kappa shape index (κ1) is 24.8. The molecule has 0 aromatic carbocycles. The van der Waals surface area contributed by atoms with Crippen LogP contribution in [-0.4, -0.2) is 70.4 Å². The molecule has 0 aromatic heterocycles. The van der Waals surface area contributed by atoms with Gasteiger partial charge in [0.25, 0.3) is 0 Å². The molecule has 2 aliphatic carbocycles. The van der Waals surface area contributed by atoms with E-state index in [1.165, 1.54) is 6.92 Å². The van der Waals surface area contributed by atoms with E-state index in [4.69, 9.17) is 33.2 Å². The number of halogens is 2. The van der Waals surface area contributed by atoms with Crippen molar-refractivity contribution in [2.45, 2.75) is 86.8 Å². The summed E-state index contributed by atoms with van der Waals surface area (Å²) in [5, 5.41) is 27.8. The van der Waals surface area contributed by atoms with Crippen molar-refractivity contribution in [3.8, 4) is 6.07 Å². The Hall–Kier alpha value is -1.50. The Morgan fingerprint density at radius 1 is 1.20 bits per heavy atom. The number of alkyl halides is 2. The maximum Gasteiger partial charge on any atom is 0.302 e. The molecule has 0 N–H and O–H groups in total. The number of carbonyl (C=O) groups is 1. The van der Waals surface area contributed by atoms with Crippen LogP contribution in [-0.2, 0) is 9.53 Å². The largest absolute Gasteiger partial charge is 0.465 e. The monoisotopic (exact) mass is 461 g/mol. The molecule has 0 spiro atoms. The van der Waals surface area contributed by atoms with E-state index >= 15 is 0 Å². The molecule has 2 atom stereocenters. The molecular weight excluding hydrogens is 433 g/mol. The van der Waals surface area contributed by atoms with Gasteiger partial charge in [0.05, 0.1) is 22.9 Å². The Kier molecular flexibility index (Phi) is 10.2. The second kappa shape index (κ2) is 12.4.